The molecule has 0 aliphatic rings. The van der Waals surface area contributed by atoms with E-state index in [2.05, 4.69) is 140 Å². The third kappa shape index (κ3) is 4.07. The average molecular weight is 611 g/mol. The maximum Gasteiger partial charge on any atom is 0.211 e. The van der Waals surface area contributed by atoms with Crippen molar-refractivity contribution in [3.63, 3.8) is 0 Å². The van der Waals surface area contributed by atoms with Crippen LogP contribution in [0.15, 0.2) is 158 Å². The molecular formula is C44H26N4. The van der Waals surface area contributed by atoms with Crippen LogP contribution in [0.4, 0.5) is 11.4 Å². The van der Waals surface area contributed by atoms with E-state index in [1.807, 2.05) is 36.4 Å². The zero-order chi connectivity index (χ0) is 32.2. The molecule has 0 N–H and O–H groups in total. The van der Waals surface area contributed by atoms with Crippen LogP contribution in [0.5, 0.6) is 0 Å². The summed E-state index contributed by atoms with van der Waals surface area (Å²) < 4.78 is 4.52. The quantitative estimate of drug-likeness (QED) is 0.177. The first kappa shape index (κ1) is 27.4. The number of hydrogen-bond donors (Lipinski definition) is 0. The van der Waals surface area contributed by atoms with Crippen LogP contribution in [-0.2, 0) is 0 Å². The summed E-state index contributed by atoms with van der Waals surface area (Å²) >= 11 is 0. The van der Waals surface area contributed by atoms with E-state index in [0.717, 1.165) is 66.5 Å². The zero-order valence-electron chi connectivity index (χ0n) is 25.8. The highest BCUT2D eigenvalue weighted by Crippen LogP contribution is 2.41. The molecule has 0 bridgehead atoms. The maximum atomic E-state index is 8.08. The summed E-state index contributed by atoms with van der Waals surface area (Å²) in [5.74, 6) is 0. The Morgan fingerprint density at radius 3 is 1.62 bits per heavy atom. The van der Waals surface area contributed by atoms with Crippen LogP contribution in [0.3, 0.4) is 0 Å². The Morgan fingerprint density at radius 2 is 0.938 bits per heavy atom. The minimum absolute atomic E-state index is 0.581. The second-order valence-corrected chi connectivity index (χ2v) is 11.9. The Morgan fingerprint density at radius 1 is 0.396 bits per heavy atom. The van der Waals surface area contributed by atoms with Gasteiger partial charge in [0.05, 0.1) is 40.9 Å². The first-order valence-electron chi connectivity index (χ1n) is 15.8. The fraction of sp³-hybridized carbons (Fsp3) is 0. The van der Waals surface area contributed by atoms with Crippen molar-refractivity contribution in [3.05, 3.63) is 181 Å². The number of fused-ring (bicyclic) bond motifs is 6. The Kier molecular flexibility index (Phi) is 6.22. The minimum Gasteiger partial charge on any atom is -0.319 e. The zero-order valence-corrected chi connectivity index (χ0v) is 25.8. The monoisotopic (exact) mass is 610 g/mol. The van der Waals surface area contributed by atoms with Gasteiger partial charge in [0.25, 0.3) is 0 Å². The van der Waals surface area contributed by atoms with Crippen LogP contribution in [0.2, 0.25) is 0 Å². The molecule has 0 radical (unpaired) electrons. The van der Waals surface area contributed by atoms with Gasteiger partial charge >= 0.3 is 0 Å². The molecule has 9 rings (SSSR count). The van der Waals surface area contributed by atoms with E-state index in [4.69, 9.17) is 13.1 Å². The number of rotatable bonds is 4. The molecule has 0 unspecified atom stereocenters. The van der Waals surface area contributed by atoms with Crippen molar-refractivity contribution >= 4 is 55.0 Å². The normalized spacial score (nSPS) is 11.3. The number of para-hydroxylation sites is 5. The van der Waals surface area contributed by atoms with Crippen molar-refractivity contribution in [2.75, 3.05) is 0 Å². The Labute approximate surface area is 277 Å². The summed E-state index contributed by atoms with van der Waals surface area (Å²) in [6, 6.07) is 54.3. The first-order valence-corrected chi connectivity index (χ1v) is 15.8. The summed E-state index contributed by atoms with van der Waals surface area (Å²) in [5.41, 5.74) is 11.4. The largest absolute Gasteiger partial charge is 0.319 e. The summed E-state index contributed by atoms with van der Waals surface area (Å²) in [5, 5.41) is 4.58. The Balaban J connectivity index is 1.25. The van der Waals surface area contributed by atoms with E-state index < -0.39 is 0 Å². The molecule has 7 aromatic carbocycles. The van der Waals surface area contributed by atoms with E-state index in [-0.39, 0.29) is 0 Å². The van der Waals surface area contributed by atoms with Gasteiger partial charge in [-0.25, -0.2) is 9.69 Å². The van der Waals surface area contributed by atoms with Gasteiger partial charge in [-0.1, -0.05) is 115 Å². The molecule has 0 aliphatic carbocycles. The molecule has 0 aliphatic heterocycles. The molecule has 0 fully saturated rings. The topological polar surface area (TPSA) is 18.6 Å². The van der Waals surface area contributed by atoms with Crippen LogP contribution in [0.1, 0.15) is 0 Å². The summed E-state index contributed by atoms with van der Waals surface area (Å²) in [4.78, 5) is 7.83. The third-order valence-corrected chi connectivity index (χ3v) is 9.36. The molecule has 2 heterocycles. The lowest BCUT2D eigenvalue weighted by molar-refractivity contribution is 1.18. The predicted octanol–water partition coefficient (Wildman–Crippen LogP) is 12.3. The van der Waals surface area contributed by atoms with E-state index in [1.54, 1.807) is 0 Å². The Hall–Kier alpha value is -6.88. The fourth-order valence-electron chi connectivity index (χ4n) is 7.30. The van der Waals surface area contributed by atoms with Crippen molar-refractivity contribution in [1.82, 2.24) is 9.13 Å². The van der Waals surface area contributed by atoms with Gasteiger partial charge in [-0.3, -0.25) is 0 Å². The molecule has 0 saturated heterocycles. The van der Waals surface area contributed by atoms with Crippen molar-refractivity contribution in [2.24, 2.45) is 0 Å². The second-order valence-electron chi connectivity index (χ2n) is 11.9. The van der Waals surface area contributed by atoms with Gasteiger partial charge in [0, 0.05) is 27.4 Å². The van der Waals surface area contributed by atoms with Crippen LogP contribution in [0, 0.1) is 13.1 Å². The minimum atomic E-state index is 0.581. The molecule has 9 aromatic rings. The maximum absolute atomic E-state index is 8.08. The number of benzene rings is 7. The van der Waals surface area contributed by atoms with Gasteiger partial charge in [-0.2, -0.15) is 0 Å². The van der Waals surface area contributed by atoms with Crippen LogP contribution in [-0.4, -0.2) is 9.13 Å². The highest BCUT2D eigenvalue weighted by Gasteiger charge is 2.18. The molecule has 222 valence electrons. The van der Waals surface area contributed by atoms with E-state index in [0.29, 0.717) is 11.4 Å². The van der Waals surface area contributed by atoms with Gasteiger partial charge in [-0.15, -0.1) is 0 Å². The molecule has 0 spiro atoms. The van der Waals surface area contributed by atoms with Gasteiger partial charge < -0.3 is 9.13 Å². The average Bonchev–Trinajstić information content (AvgIpc) is 3.68. The summed E-state index contributed by atoms with van der Waals surface area (Å²) in [7, 11) is 0. The van der Waals surface area contributed by atoms with Crippen molar-refractivity contribution in [1.29, 1.82) is 0 Å². The smallest absolute Gasteiger partial charge is 0.211 e. The lowest BCUT2D eigenvalue weighted by Gasteiger charge is -2.16. The molecule has 0 saturated carbocycles. The van der Waals surface area contributed by atoms with Crippen LogP contribution >= 0.6 is 0 Å². The highest BCUT2D eigenvalue weighted by atomic mass is 15.0. The van der Waals surface area contributed by atoms with E-state index in [9.17, 15) is 0 Å². The molecule has 2 aromatic heterocycles. The fourth-order valence-corrected chi connectivity index (χ4v) is 7.30. The standard InChI is InChI=1S/C44H26N4/c1-45-38-26-25-31(47-41-22-8-6-18-35(41)36-19-12-20-39(46-2)44(36)47)28-37(38)30-14-11-13-29(27-30)32-15-3-7-21-40(32)48-42-23-9-4-16-33(42)34-17-5-10-24-43(34)48/h3-28H. The first-order chi connectivity index (χ1) is 23.7. The number of aromatic nitrogens is 2. The van der Waals surface area contributed by atoms with Crippen molar-refractivity contribution in [3.8, 4) is 33.6 Å². The Bertz CT molecular complexity index is 2760. The summed E-state index contributed by atoms with van der Waals surface area (Å²) in [6.07, 6.45) is 0. The number of nitrogens with zero attached hydrogens (tertiary/aromatic N) is 4. The predicted molar refractivity (Wildman–Crippen MR) is 199 cm³/mol. The van der Waals surface area contributed by atoms with Gasteiger partial charge in [0.2, 0.25) is 5.69 Å². The summed E-state index contributed by atoms with van der Waals surface area (Å²) in [6.45, 7) is 16.0. The van der Waals surface area contributed by atoms with E-state index in [1.165, 1.54) is 10.8 Å². The van der Waals surface area contributed by atoms with E-state index >= 15 is 0 Å². The van der Waals surface area contributed by atoms with Crippen LogP contribution < -0.4 is 0 Å². The molecule has 4 heteroatoms. The molecule has 48 heavy (non-hydrogen) atoms. The SMILES string of the molecule is [C-]#[N+]c1ccc(-n2c3ccccc3c3cccc([N+]#[C-])c32)cc1-c1cccc(-c2ccccc2-n2c3ccccc3c3ccccc32)c1. The highest BCUT2D eigenvalue weighted by molar-refractivity contribution is 6.13. The molecular weight excluding hydrogens is 585 g/mol. The third-order valence-electron chi connectivity index (χ3n) is 9.36. The second kappa shape index (κ2) is 10.9. The van der Waals surface area contributed by atoms with Crippen molar-refractivity contribution < 1.29 is 0 Å². The van der Waals surface area contributed by atoms with Gasteiger partial charge in [-0.05, 0) is 64.5 Å². The lowest BCUT2D eigenvalue weighted by Crippen LogP contribution is -1.97. The van der Waals surface area contributed by atoms with Gasteiger partial charge in [0.1, 0.15) is 0 Å². The molecule has 4 nitrogen and oxygen atoms in total. The van der Waals surface area contributed by atoms with Crippen LogP contribution in [0.25, 0.3) is 86.9 Å². The number of hydrogen-bond acceptors (Lipinski definition) is 0. The van der Waals surface area contributed by atoms with Gasteiger partial charge in [0.15, 0.2) is 5.69 Å². The van der Waals surface area contributed by atoms with Crippen molar-refractivity contribution in [2.45, 2.75) is 0 Å². The molecule has 0 amide bonds. The molecule has 0 atom stereocenters. The lowest BCUT2D eigenvalue weighted by atomic mass is 9.96.